The summed E-state index contributed by atoms with van der Waals surface area (Å²) >= 11 is 0. The molecule has 0 aliphatic heterocycles. The van der Waals surface area contributed by atoms with Crippen LogP contribution in [0.3, 0.4) is 0 Å². The molecular formula is C20H19N3O. The second kappa shape index (κ2) is 5.34. The van der Waals surface area contributed by atoms with Crippen LogP contribution in [-0.4, -0.2) is 22.0 Å². The van der Waals surface area contributed by atoms with Gasteiger partial charge in [-0.3, -0.25) is 9.78 Å². The maximum absolute atomic E-state index is 12.2. The lowest BCUT2D eigenvalue weighted by molar-refractivity contribution is 0.0956. The second-order valence-electron chi connectivity index (χ2n) is 6.14. The van der Waals surface area contributed by atoms with Crippen molar-refractivity contribution in [1.82, 2.24) is 14.9 Å². The fourth-order valence-electron chi connectivity index (χ4n) is 3.62. The van der Waals surface area contributed by atoms with Crippen molar-refractivity contribution >= 4 is 38.5 Å². The minimum absolute atomic E-state index is 0.0319. The van der Waals surface area contributed by atoms with Crippen molar-refractivity contribution in [2.75, 3.05) is 6.54 Å². The summed E-state index contributed by atoms with van der Waals surface area (Å²) in [7, 11) is 2.08. The number of rotatable bonds is 2. The van der Waals surface area contributed by atoms with E-state index in [1.54, 1.807) is 0 Å². The first-order valence-electron chi connectivity index (χ1n) is 8.15. The van der Waals surface area contributed by atoms with Crippen LogP contribution >= 0.6 is 0 Å². The maximum Gasteiger partial charge on any atom is 0.251 e. The molecular weight excluding hydrogens is 298 g/mol. The largest absolute Gasteiger partial charge is 0.352 e. The number of nitrogens with one attached hydrogen (secondary N) is 1. The van der Waals surface area contributed by atoms with Gasteiger partial charge < -0.3 is 9.88 Å². The normalized spacial score (nSPS) is 11.5. The summed E-state index contributed by atoms with van der Waals surface area (Å²) in [5.74, 6) is -0.0319. The van der Waals surface area contributed by atoms with E-state index in [0.29, 0.717) is 12.1 Å². The molecule has 2 aromatic heterocycles. The summed E-state index contributed by atoms with van der Waals surface area (Å²) in [6, 6.07) is 10.1. The van der Waals surface area contributed by atoms with Gasteiger partial charge in [0.2, 0.25) is 0 Å². The quantitative estimate of drug-likeness (QED) is 0.609. The lowest BCUT2D eigenvalue weighted by Crippen LogP contribution is -2.22. The predicted molar refractivity (Wildman–Crippen MR) is 98.5 cm³/mol. The Morgan fingerprint density at radius 3 is 2.79 bits per heavy atom. The highest BCUT2D eigenvalue weighted by Gasteiger charge is 2.15. The zero-order valence-electron chi connectivity index (χ0n) is 14.1. The number of amides is 1. The summed E-state index contributed by atoms with van der Waals surface area (Å²) in [6.07, 6.45) is 3.73. The van der Waals surface area contributed by atoms with Gasteiger partial charge in [0.05, 0.1) is 5.52 Å². The number of hydrogen-bond donors (Lipinski definition) is 1. The number of benzene rings is 2. The second-order valence-corrected chi connectivity index (χ2v) is 6.14. The Balaban J connectivity index is 2.11. The first kappa shape index (κ1) is 14.7. The highest BCUT2D eigenvalue weighted by molar-refractivity contribution is 6.15. The van der Waals surface area contributed by atoms with Gasteiger partial charge in [-0.2, -0.15) is 0 Å². The number of carbonyl (C=O) groups excluding carboxylic acids is 1. The van der Waals surface area contributed by atoms with Crippen LogP contribution in [0.2, 0.25) is 0 Å². The number of nitrogens with zero attached hydrogens (tertiary/aromatic N) is 2. The molecule has 0 saturated carbocycles. The average molecular weight is 317 g/mol. The SMILES string of the molecule is CCNC(=O)c1ccc2c(c1)c1cc3cnccc3c(C)c1n2C. The predicted octanol–water partition coefficient (Wildman–Crippen LogP) is 3.94. The fraction of sp³-hybridized carbons (Fsp3) is 0.200. The smallest absolute Gasteiger partial charge is 0.251 e. The van der Waals surface area contributed by atoms with Crippen molar-refractivity contribution in [1.29, 1.82) is 0 Å². The van der Waals surface area contributed by atoms with E-state index >= 15 is 0 Å². The topological polar surface area (TPSA) is 46.9 Å². The zero-order chi connectivity index (χ0) is 16.8. The van der Waals surface area contributed by atoms with Crippen molar-refractivity contribution in [3.63, 3.8) is 0 Å². The van der Waals surface area contributed by atoms with E-state index in [0.717, 1.165) is 21.7 Å². The molecule has 0 bridgehead atoms. The minimum atomic E-state index is -0.0319. The van der Waals surface area contributed by atoms with E-state index in [2.05, 4.69) is 41.0 Å². The number of fused-ring (bicyclic) bond motifs is 4. The van der Waals surface area contributed by atoms with Gasteiger partial charge in [-0.1, -0.05) is 0 Å². The molecule has 0 fully saturated rings. The summed E-state index contributed by atoms with van der Waals surface area (Å²) < 4.78 is 2.21. The van der Waals surface area contributed by atoms with Crippen molar-refractivity contribution in [2.24, 2.45) is 7.05 Å². The summed E-state index contributed by atoms with van der Waals surface area (Å²) in [4.78, 5) is 16.4. The molecule has 0 radical (unpaired) electrons. The molecule has 2 heterocycles. The summed E-state index contributed by atoms with van der Waals surface area (Å²) in [6.45, 7) is 4.70. The van der Waals surface area contributed by atoms with E-state index in [1.807, 2.05) is 37.5 Å². The molecule has 4 heteroatoms. The van der Waals surface area contributed by atoms with Crippen molar-refractivity contribution in [2.45, 2.75) is 13.8 Å². The van der Waals surface area contributed by atoms with Crippen molar-refractivity contribution in [3.8, 4) is 0 Å². The van der Waals surface area contributed by atoms with Gasteiger partial charge in [-0.25, -0.2) is 0 Å². The highest BCUT2D eigenvalue weighted by atomic mass is 16.1. The first-order chi connectivity index (χ1) is 11.6. The third kappa shape index (κ3) is 1.99. The lowest BCUT2D eigenvalue weighted by Gasteiger charge is -2.06. The van der Waals surface area contributed by atoms with Crippen LogP contribution in [0.15, 0.2) is 42.7 Å². The van der Waals surface area contributed by atoms with Crippen LogP contribution in [0.5, 0.6) is 0 Å². The standard InChI is InChI=1S/C20H19N3O/c1-4-22-20(24)13-5-6-18-16(9-13)17-10-14-11-21-8-7-15(14)12(2)19(17)23(18)3/h5-11H,4H2,1-3H3,(H,22,24). The van der Waals surface area contributed by atoms with E-state index < -0.39 is 0 Å². The summed E-state index contributed by atoms with van der Waals surface area (Å²) in [5.41, 5.74) is 4.27. The Morgan fingerprint density at radius 1 is 1.17 bits per heavy atom. The average Bonchev–Trinajstić information content (AvgIpc) is 2.88. The molecule has 0 saturated heterocycles. The third-order valence-electron chi connectivity index (χ3n) is 4.75. The number of aromatic nitrogens is 2. The molecule has 1 N–H and O–H groups in total. The molecule has 0 spiro atoms. The molecule has 120 valence electrons. The zero-order valence-corrected chi connectivity index (χ0v) is 14.1. The third-order valence-corrected chi connectivity index (χ3v) is 4.75. The Bertz CT molecular complexity index is 1110. The van der Waals surface area contributed by atoms with Crippen molar-refractivity contribution in [3.05, 3.63) is 53.9 Å². The van der Waals surface area contributed by atoms with E-state index in [4.69, 9.17) is 0 Å². The van der Waals surface area contributed by atoms with Gasteiger partial charge in [-0.05, 0) is 55.1 Å². The van der Waals surface area contributed by atoms with E-state index in [-0.39, 0.29) is 5.91 Å². The molecule has 2 aromatic carbocycles. The Kier molecular flexibility index (Phi) is 3.27. The fourth-order valence-corrected chi connectivity index (χ4v) is 3.62. The number of carbonyl (C=O) groups is 1. The molecule has 1 amide bonds. The maximum atomic E-state index is 12.2. The minimum Gasteiger partial charge on any atom is -0.352 e. The number of hydrogen-bond acceptors (Lipinski definition) is 2. The van der Waals surface area contributed by atoms with Gasteiger partial charge in [0.1, 0.15) is 0 Å². The van der Waals surface area contributed by atoms with Gasteiger partial charge in [-0.15, -0.1) is 0 Å². The number of pyridine rings is 1. The van der Waals surface area contributed by atoms with Gasteiger partial charge >= 0.3 is 0 Å². The molecule has 24 heavy (non-hydrogen) atoms. The Labute approximate surface area is 140 Å². The van der Waals surface area contributed by atoms with E-state index in [9.17, 15) is 4.79 Å². The van der Waals surface area contributed by atoms with Crippen LogP contribution in [-0.2, 0) is 7.05 Å². The molecule has 4 aromatic rings. The van der Waals surface area contributed by atoms with Crippen LogP contribution < -0.4 is 5.32 Å². The van der Waals surface area contributed by atoms with Crippen LogP contribution in [0.4, 0.5) is 0 Å². The van der Waals surface area contributed by atoms with Crippen LogP contribution in [0.1, 0.15) is 22.8 Å². The monoisotopic (exact) mass is 317 g/mol. The van der Waals surface area contributed by atoms with Gasteiger partial charge in [0.15, 0.2) is 0 Å². The highest BCUT2D eigenvalue weighted by Crippen LogP contribution is 2.35. The molecule has 0 aliphatic carbocycles. The van der Waals surface area contributed by atoms with Gasteiger partial charge in [0.25, 0.3) is 5.91 Å². The molecule has 0 unspecified atom stereocenters. The molecule has 4 rings (SSSR count). The molecule has 4 nitrogen and oxygen atoms in total. The molecule has 0 aliphatic rings. The van der Waals surface area contributed by atoms with Crippen molar-refractivity contribution < 1.29 is 4.79 Å². The van der Waals surface area contributed by atoms with Gasteiger partial charge in [0, 0.05) is 53.2 Å². The summed E-state index contributed by atoms with van der Waals surface area (Å²) in [5, 5.41) is 7.47. The Morgan fingerprint density at radius 2 is 2.00 bits per heavy atom. The van der Waals surface area contributed by atoms with E-state index in [1.165, 1.54) is 16.5 Å². The first-order valence-corrected chi connectivity index (χ1v) is 8.15. The van der Waals surface area contributed by atoms with Crippen LogP contribution in [0, 0.1) is 6.92 Å². The van der Waals surface area contributed by atoms with Crippen LogP contribution in [0.25, 0.3) is 32.6 Å². The lowest BCUT2D eigenvalue weighted by atomic mass is 10.0. The molecule has 0 atom stereocenters. The Hall–Kier alpha value is -2.88. The number of aryl methyl sites for hydroxylation is 2.